The maximum atomic E-state index is 12.4. The topological polar surface area (TPSA) is 84.7 Å². The predicted octanol–water partition coefficient (Wildman–Crippen LogP) is 1.54. The average Bonchev–Trinajstić information content (AvgIpc) is 2.96. The second-order valence-corrected chi connectivity index (χ2v) is 7.55. The zero-order valence-electron chi connectivity index (χ0n) is 13.0. The third-order valence-electron chi connectivity index (χ3n) is 3.18. The Labute approximate surface area is 140 Å². The number of rotatable bonds is 6. The predicted molar refractivity (Wildman–Crippen MR) is 86.6 cm³/mol. The fourth-order valence-electron chi connectivity index (χ4n) is 2.06. The molecule has 1 heterocycles. The van der Waals surface area contributed by atoms with Gasteiger partial charge in [-0.15, -0.1) is 0 Å². The Bertz CT molecular complexity index is 789. The highest BCUT2D eigenvalue weighted by Gasteiger charge is 2.24. The molecule has 9 heteroatoms. The zero-order valence-corrected chi connectivity index (χ0v) is 14.5. The molecule has 1 atom stereocenters. The second kappa shape index (κ2) is 6.88. The van der Waals surface area contributed by atoms with Crippen molar-refractivity contribution >= 4 is 21.6 Å². The molecule has 126 valence electrons. The first-order chi connectivity index (χ1) is 10.8. The van der Waals surface area contributed by atoms with Crippen LogP contribution >= 0.6 is 11.6 Å². The van der Waals surface area contributed by atoms with Gasteiger partial charge in [0.1, 0.15) is 16.3 Å². The van der Waals surface area contributed by atoms with Crippen molar-refractivity contribution in [3.05, 3.63) is 35.6 Å². The average molecular weight is 360 g/mol. The summed E-state index contributed by atoms with van der Waals surface area (Å²) in [4.78, 5) is 0.0164. The van der Waals surface area contributed by atoms with E-state index in [9.17, 15) is 13.5 Å². The number of hydrogen-bond acceptors (Lipinski definition) is 5. The molecule has 0 aliphatic rings. The number of methoxy groups -OCH3 is 1. The summed E-state index contributed by atoms with van der Waals surface area (Å²) in [6.07, 6.45) is 1.86. The molecular weight excluding hydrogens is 342 g/mol. The summed E-state index contributed by atoms with van der Waals surface area (Å²) in [5.41, 5.74) is 0.527. The van der Waals surface area contributed by atoms with E-state index in [-0.39, 0.29) is 11.4 Å². The first kappa shape index (κ1) is 17.7. The Morgan fingerprint density at radius 2 is 2.17 bits per heavy atom. The number of sulfonamides is 1. The van der Waals surface area contributed by atoms with Gasteiger partial charge in [0.15, 0.2) is 0 Å². The van der Waals surface area contributed by atoms with Crippen molar-refractivity contribution in [3.8, 4) is 11.4 Å². The zero-order chi connectivity index (χ0) is 17.2. The standard InChI is InChI=1S/C14H18ClN3O4S/c1-10(19)8-17(2)23(20,21)12-7-16-18(9-12)13-6-11(15)4-5-14(13)22-3/h4-7,9-10,19H,8H2,1-3H3. The Balaban J connectivity index is 2.40. The Kier molecular flexibility index (Phi) is 5.30. The lowest BCUT2D eigenvalue weighted by atomic mass is 10.3. The van der Waals surface area contributed by atoms with Crippen LogP contribution in [0, 0.1) is 0 Å². The Hall–Kier alpha value is -1.61. The second-order valence-electron chi connectivity index (χ2n) is 5.07. The minimum Gasteiger partial charge on any atom is -0.494 e. The maximum absolute atomic E-state index is 12.4. The largest absolute Gasteiger partial charge is 0.494 e. The van der Waals surface area contributed by atoms with Crippen LogP contribution in [0.3, 0.4) is 0 Å². The van der Waals surface area contributed by atoms with Crippen LogP contribution < -0.4 is 4.74 Å². The van der Waals surface area contributed by atoms with E-state index < -0.39 is 16.1 Å². The van der Waals surface area contributed by atoms with Crippen molar-refractivity contribution < 1.29 is 18.3 Å². The third kappa shape index (κ3) is 3.84. The molecule has 0 fully saturated rings. The van der Waals surface area contributed by atoms with Crippen molar-refractivity contribution in [2.45, 2.75) is 17.9 Å². The fraction of sp³-hybridized carbons (Fsp3) is 0.357. The van der Waals surface area contributed by atoms with Gasteiger partial charge in [-0.3, -0.25) is 0 Å². The quantitative estimate of drug-likeness (QED) is 0.845. The molecule has 1 aromatic carbocycles. The van der Waals surface area contributed by atoms with Crippen LogP contribution in [-0.4, -0.2) is 54.4 Å². The number of aliphatic hydroxyl groups is 1. The van der Waals surface area contributed by atoms with Gasteiger partial charge < -0.3 is 9.84 Å². The number of nitrogens with zero attached hydrogens (tertiary/aromatic N) is 3. The molecule has 0 bridgehead atoms. The highest BCUT2D eigenvalue weighted by atomic mass is 35.5. The molecule has 1 aromatic heterocycles. The molecule has 0 aliphatic heterocycles. The van der Waals surface area contributed by atoms with Crippen LogP contribution in [0.1, 0.15) is 6.92 Å². The molecule has 23 heavy (non-hydrogen) atoms. The SMILES string of the molecule is COc1ccc(Cl)cc1-n1cc(S(=O)(=O)N(C)CC(C)O)cn1. The number of ether oxygens (including phenoxy) is 1. The lowest BCUT2D eigenvalue weighted by molar-refractivity contribution is 0.171. The Morgan fingerprint density at radius 1 is 1.48 bits per heavy atom. The van der Waals surface area contributed by atoms with E-state index in [1.165, 1.54) is 38.2 Å². The van der Waals surface area contributed by atoms with Gasteiger partial charge in [-0.25, -0.2) is 13.1 Å². The van der Waals surface area contributed by atoms with Crippen molar-refractivity contribution in [3.63, 3.8) is 0 Å². The van der Waals surface area contributed by atoms with Gasteiger partial charge in [0.05, 0.1) is 25.6 Å². The van der Waals surface area contributed by atoms with E-state index >= 15 is 0 Å². The summed E-state index contributed by atoms with van der Waals surface area (Å²) in [7, 11) is -0.828. The number of benzene rings is 1. The van der Waals surface area contributed by atoms with Crippen LogP contribution in [0.2, 0.25) is 5.02 Å². The minimum atomic E-state index is -3.73. The summed E-state index contributed by atoms with van der Waals surface area (Å²) >= 11 is 5.98. The number of aromatic nitrogens is 2. The smallest absolute Gasteiger partial charge is 0.246 e. The van der Waals surface area contributed by atoms with Gasteiger partial charge in [0.2, 0.25) is 10.0 Å². The number of hydrogen-bond donors (Lipinski definition) is 1. The van der Waals surface area contributed by atoms with Crippen LogP contribution in [0.15, 0.2) is 35.5 Å². The van der Waals surface area contributed by atoms with Gasteiger partial charge in [-0.1, -0.05) is 11.6 Å². The first-order valence-electron chi connectivity index (χ1n) is 6.78. The maximum Gasteiger partial charge on any atom is 0.246 e. The molecule has 0 saturated carbocycles. The monoisotopic (exact) mass is 359 g/mol. The third-order valence-corrected chi connectivity index (χ3v) is 5.19. The van der Waals surface area contributed by atoms with Crippen LogP contribution in [0.5, 0.6) is 5.75 Å². The van der Waals surface area contributed by atoms with E-state index in [1.54, 1.807) is 18.2 Å². The lowest BCUT2D eigenvalue weighted by Gasteiger charge is -2.17. The van der Waals surface area contributed by atoms with E-state index in [2.05, 4.69) is 5.10 Å². The molecule has 0 radical (unpaired) electrons. The first-order valence-corrected chi connectivity index (χ1v) is 8.60. The van der Waals surface area contributed by atoms with Crippen molar-refractivity contribution in [1.29, 1.82) is 0 Å². The summed E-state index contributed by atoms with van der Waals surface area (Å²) in [6, 6.07) is 4.97. The van der Waals surface area contributed by atoms with Crippen molar-refractivity contribution in [1.82, 2.24) is 14.1 Å². The molecule has 1 N–H and O–H groups in total. The summed E-state index contributed by atoms with van der Waals surface area (Å²) in [5, 5.41) is 13.9. The van der Waals surface area contributed by atoms with Gasteiger partial charge in [-0.2, -0.15) is 9.40 Å². The molecular formula is C14H18ClN3O4S. The normalized spacial score (nSPS) is 13.3. The number of likely N-dealkylation sites (N-methyl/N-ethyl adjacent to an activating group) is 1. The molecule has 1 unspecified atom stereocenters. The molecule has 0 aliphatic carbocycles. The van der Waals surface area contributed by atoms with E-state index in [1.807, 2.05) is 0 Å². The molecule has 0 spiro atoms. The van der Waals surface area contributed by atoms with Gasteiger partial charge in [0, 0.05) is 18.6 Å². The summed E-state index contributed by atoms with van der Waals surface area (Å²) in [5.74, 6) is 0.513. The minimum absolute atomic E-state index is 0.00595. The van der Waals surface area contributed by atoms with E-state index in [0.717, 1.165) is 4.31 Å². The molecule has 0 saturated heterocycles. The molecule has 2 aromatic rings. The van der Waals surface area contributed by atoms with Gasteiger partial charge in [0.25, 0.3) is 0 Å². The van der Waals surface area contributed by atoms with Gasteiger partial charge in [-0.05, 0) is 25.1 Å². The highest BCUT2D eigenvalue weighted by molar-refractivity contribution is 7.89. The summed E-state index contributed by atoms with van der Waals surface area (Å²) < 4.78 is 32.6. The van der Waals surface area contributed by atoms with Crippen molar-refractivity contribution in [2.24, 2.45) is 0 Å². The Morgan fingerprint density at radius 3 is 2.78 bits per heavy atom. The summed E-state index contributed by atoms with van der Waals surface area (Å²) in [6.45, 7) is 1.51. The lowest BCUT2D eigenvalue weighted by Crippen LogP contribution is -2.32. The highest BCUT2D eigenvalue weighted by Crippen LogP contribution is 2.27. The van der Waals surface area contributed by atoms with Crippen LogP contribution in [0.4, 0.5) is 0 Å². The number of halogens is 1. The van der Waals surface area contributed by atoms with E-state index in [0.29, 0.717) is 16.5 Å². The molecule has 7 nitrogen and oxygen atoms in total. The van der Waals surface area contributed by atoms with Crippen LogP contribution in [0.25, 0.3) is 5.69 Å². The van der Waals surface area contributed by atoms with Crippen LogP contribution in [-0.2, 0) is 10.0 Å². The fourth-order valence-corrected chi connectivity index (χ4v) is 3.42. The number of aliphatic hydroxyl groups excluding tert-OH is 1. The van der Waals surface area contributed by atoms with Crippen molar-refractivity contribution in [2.75, 3.05) is 20.7 Å². The molecule has 2 rings (SSSR count). The van der Waals surface area contributed by atoms with Gasteiger partial charge >= 0.3 is 0 Å². The molecule has 0 amide bonds. The van der Waals surface area contributed by atoms with E-state index in [4.69, 9.17) is 16.3 Å².